The van der Waals surface area contributed by atoms with Crippen LogP contribution in [0.15, 0.2) is 90.8 Å². The largest absolute Gasteiger partial charge is 0.508 e. The molecule has 4 aliphatic heterocycles. The zero-order valence-electron chi connectivity index (χ0n) is 45.7. The number of nitrogens with one attached hydrogen (secondary N) is 1. The average Bonchev–Trinajstić information content (AvgIpc) is 4.24. The zero-order valence-corrected chi connectivity index (χ0v) is 46.5. The van der Waals surface area contributed by atoms with Gasteiger partial charge >= 0.3 is 6.01 Å². The van der Waals surface area contributed by atoms with Crippen LogP contribution in [0.25, 0.3) is 32.8 Å². The highest BCUT2D eigenvalue weighted by atomic mass is 32.1. The van der Waals surface area contributed by atoms with Gasteiger partial charge in [-0.05, 0) is 92.8 Å². The summed E-state index contributed by atoms with van der Waals surface area (Å²) in [5.41, 5.74) is 4.89. The van der Waals surface area contributed by atoms with Crippen molar-refractivity contribution in [2.24, 2.45) is 5.92 Å². The summed E-state index contributed by atoms with van der Waals surface area (Å²) in [6.07, 6.45) is 12.4. The number of hydrogen-bond donors (Lipinski definition) is 2. The Kier molecular flexibility index (Phi) is 16.9. The normalized spacial score (nSPS) is 19.3. The highest BCUT2D eigenvalue weighted by Gasteiger charge is 2.40. The topological polar surface area (TPSA) is 166 Å². The number of rotatable bonds is 18. The fraction of sp³-hybridized carbons (Fsp3) is 0.468. The van der Waals surface area contributed by atoms with Crippen molar-refractivity contribution in [3.05, 3.63) is 114 Å². The lowest BCUT2D eigenvalue weighted by atomic mass is 9.83. The number of phenolic OH excluding ortho intramolecular Hbond substituents is 1. The van der Waals surface area contributed by atoms with Crippen LogP contribution in [0.1, 0.15) is 93.9 Å². The highest BCUT2D eigenvalue weighted by Crippen LogP contribution is 2.41. The van der Waals surface area contributed by atoms with Crippen molar-refractivity contribution in [2.75, 3.05) is 81.9 Å². The monoisotopic (exact) mass is 1090 g/mol. The molecule has 5 aliphatic rings. The molecule has 17 heteroatoms. The van der Waals surface area contributed by atoms with E-state index in [1.165, 1.54) is 18.9 Å². The number of anilines is 2. The van der Waals surface area contributed by atoms with E-state index in [-0.39, 0.29) is 47.6 Å². The maximum Gasteiger partial charge on any atom is 0.318 e. The quantitative estimate of drug-likeness (QED) is 0.0619. The molecule has 2 aromatic heterocycles. The van der Waals surface area contributed by atoms with E-state index in [0.29, 0.717) is 58.5 Å². The second-order valence-electron chi connectivity index (χ2n) is 21.9. The number of phenols is 1. The minimum absolute atomic E-state index is 0.0223. The van der Waals surface area contributed by atoms with Crippen molar-refractivity contribution in [2.45, 2.75) is 109 Å². The Morgan fingerprint density at radius 3 is 2.38 bits per heavy atom. The lowest BCUT2D eigenvalue weighted by molar-refractivity contribution is -0.138. The van der Waals surface area contributed by atoms with Crippen LogP contribution >= 0.6 is 11.3 Å². The van der Waals surface area contributed by atoms with E-state index in [0.717, 1.165) is 150 Å². The van der Waals surface area contributed by atoms with Crippen molar-refractivity contribution < 1.29 is 33.7 Å². The first-order valence-corrected chi connectivity index (χ1v) is 29.5. The lowest BCUT2D eigenvalue weighted by Gasteiger charge is -2.38. The van der Waals surface area contributed by atoms with Gasteiger partial charge in [0.25, 0.3) is 0 Å². The molecule has 3 atom stereocenters. The molecule has 1 radical (unpaired) electrons. The standard InChI is InChI=1S/C62H74N9O7S/c1-4-56(73)65-58(42-14-7-6-8-15-42)61(75)71-26-13-20-53(71)60-63-52(40-79-60)48-21-22-55(49-19-12-11-18-47(48)49)77-35-34-76-45-23-27-67(28-24-45)38-41(3)78-62-64-51-39-70(54-37-44(72)36-43-16-9-10-17-46(43)54)29-25-50(51)59(66-62)69-32-30-68(31-33-69)57(74)5-2/h4-5,9-12,16-19,21-22,36-37,40-42,45,53,58,72H,2,6-8,13-15,20,23-35,38-39H2,1,3H3,(H,65,73)/t41-,53+,58+/m1/s1. The van der Waals surface area contributed by atoms with E-state index >= 15 is 0 Å². The molecule has 0 spiro atoms. The third kappa shape index (κ3) is 12.2. The summed E-state index contributed by atoms with van der Waals surface area (Å²) in [6.45, 7) is 15.3. The molecule has 0 unspecified atom stereocenters. The van der Waals surface area contributed by atoms with Crippen LogP contribution in [0.4, 0.5) is 11.5 Å². The molecule has 0 bridgehead atoms. The molecular weight excluding hydrogens is 1010 g/mol. The number of piperidine rings is 1. The van der Waals surface area contributed by atoms with Crippen LogP contribution in [0.2, 0.25) is 0 Å². The fourth-order valence-electron chi connectivity index (χ4n) is 12.7. The van der Waals surface area contributed by atoms with Gasteiger partial charge in [-0.1, -0.05) is 81.3 Å². The number of ether oxygens (including phenoxy) is 3. The zero-order chi connectivity index (χ0) is 54.4. The number of thiazole rings is 1. The molecule has 11 rings (SSSR count). The van der Waals surface area contributed by atoms with E-state index in [1.54, 1.807) is 24.3 Å². The summed E-state index contributed by atoms with van der Waals surface area (Å²) in [5, 5.41) is 20.9. The molecule has 16 nitrogen and oxygen atoms in total. The molecular formula is C62H74N9O7S. The number of likely N-dealkylation sites (tertiary alicyclic amines) is 2. The molecule has 1 aliphatic carbocycles. The first-order valence-electron chi connectivity index (χ1n) is 28.6. The van der Waals surface area contributed by atoms with Crippen LogP contribution in [0.3, 0.4) is 0 Å². The third-order valence-corrected chi connectivity index (χ3v) is 17.7. The smallest absolute Gasteiger partial charge is 0.318 e. The molecule has 79 heavy (non-hydrogen) atoms. The van der Waals surface area contributed by atoms with Gasteiger partial charge in [-0.2, -0.15) is 9.97 Å². The summed E-state index contributed by atoms with van der Waals surface area (Å²) < 4.78 is 19.4. The van der Waals surface area contributed by atoms with Crippen molar-refractivity contribution in [3.63, 3.8) is 0 Å². The number of piperazine rings is 1. The average molecular weight is 1090 g/mol. The number of aromatic nitrogens is 3. The van der Waals surface area contributed by atoms with E-state index in [9.17, 15) is 19.5 Å². The van der Waals surface area contributed by atoms with Gasteiger partial charge in [-0.15, -0.1) is 11.3 Å². The van der Waals surface area contributed by atoms with E-state index in [4.69, 9.17) is 29.2 Å². The van der Waals surface area contributed by atoms with E-state index in [2.05, 4.69) is 63.2 Å². The minimum atomic E-state index is -0.508. The molecule has 2 N–H and O–H groups in total. The number of carbonyl (C=O) groups excluding carboxylic acids is 3. The number of benzene rings is 4. The molecule has 6 aromatic rings. The van der Waals surface area contributed by atoms with Crippen molar-refractivity contribution >= 4 is 62.1 Å². The summed E-state index contributed by atoms with van der Waals surface area (Å²) in [5.74, 6) is 1.84. The second kappa shape index (κ2) is 24.7. The maximum absolute atomic E-state index is 14.3. The Balaban J connectivity index is 0.683. The van der Waals surface area contributed by atoms with Crippen molar-refractivity contribution in [3.8, 4) is 28.8 Å². The molecule has 6 heterocycles. The minimum Gasteiger partial charge on any atom is -0.508 e. The lowest BCUT2D eigenvalue weighted by Crippen LogP contribution is -2.52. The predicted molar refractivity (Wildman–Crippen MR) is 310 cm³/mol. The Morgan fingerprint density at radius 1 is 0.823 bits per heavy atom. The Morgan fingerprint density at radius 2 is 1.59 bits per heavy atom. The van der Waals surface area contributed by atoms with Crippen LogP contribution < -0.4 is 24.6 Å². The van der Waals surface area contributed by atoms with Crippen LogP contribution in [0.5, 0.6) is 17.5 Å². The first-order chi connectivity index (χ1) is 38.6. The Bertz CT molecular complexity index is 3150. The van der Waals surface area contributed by atoms with Gasteiger partial charge < -0.3 is 44.2 Å². The molecule has 1 saturated carbocycles. The summed E-state index contributed by atoms with van der Waals surface area (Å²) in [4.78, 5) is 65.4. The van der Waals surface area contributed by atoms with E-state index in [1.807, 2.05) is 52.3 Å². The van der Waals surface area contributed by atoms with Gasteiger partial charge in [0.15, 0.2) is 0 Å². The number of nitrogens with zero attached hydrogens (tertiary/aromatic N) is 8. The van der Waals surface area contributed by atoms with Gasteiger partial charge in [-0.25, -0.2) is 4.98 Å². The van der Waals surface area contributed by atoms with Gasteiger partial charge in [0.1, 0.15) is 41.1 Å². The predicted octanol–water partition coefficient (Wildman–Crippen LogP) is 9.29. The van der Waals surface area contributed by atoms with Gasteiger partial charge in [0.2, 0.25) is 17.7 Å². The summed E-state index contributed by atoms with van der Waals surface area (Å²) in [7, 11) is 0. The Hall–Kier alpha value is -6.82. The van der Waals surface area contributed by atoms with Crippen LogP contribution in [-0.4, -0.2) is 143 Å². The molecule has 3 amide bonds. The molecule has 4 aromatic carbocycles. The second-order valence-corrected chi connectivity index (χ2v) is 22.8. The number of fused-ring (bicyclic) bond motifs is 3. The van der Waals surface area contributed by atoms with Gasteiger partial charge in [0, 0.05) is 104 Å². The number of aromatic hydroxyl groups is 1. The molecule has 4 fully saturated rings. The first kappa shape index (κ1) is 54.2. The Labute approximate surface area is 467 Å². The summed E-state index contributed by atoms with van der Waals surface area (Å²) >= 11 is 1.60. The van der Waals surface area contributed by atoms with Gasteiger partial charge in [0.05, 0.1) is 36.7 Å². The van der Waals surface area contributed by atoms with E-state index < -0.39 is 6.04 Å². The number of hydrogen-bond acceptors (Lipinski definition) is 14. The number of amides is 3. The maximum atomic E-state index is 14.3. The van der Waals surface area contributed by atoms with Gasteiger partial charge in [-0.3, -0.25) is 19.3 Å². The highest BCUT2D eigenvalue weighted by molar-refractivity contribution is 7.10. The molecule has 3 saturated heterocycles. The van der Waals surface area contributed by atoms with Crippen LogP contribution in [-0.2, 0) is 32.1 Å². The SMILES string of the molecule is C=CC(=O)N1CCN(c2nc(O[C@H](C)CN3CCC(OCCOc4ccc(-c5csc([C@@H]6CCCN6C(=O)[C@@H](NC(=O)[CH]C)C6CCCCC6)n5)c5ccccc45)CC3)nc3c2CCN(c2cc(O)cc4ccccc24)C3)CC1. The molecule has 415 valence electrons. The third-order valence-electron chi connectivity index (χ3n) is 16.8. The van der Waals surface area contributed by atoms with Crippen molar-refractivity contribution in [1.82, 2.24) is 35.0 Å². The summed E-state index contributed by atoms with van der Waals surface area (Å²) in [6, 6.07) is 23.9. The number of carbonyl (C=O) groups is 3. The van der Waals surface area contributed by atoms with Crippen LogP contribution in [0, 0.1) is 12.3 Å². The fourth-order valence-corrected chi connectivity index (χ4v) is 13.6. The van der Waals surface area contributed by atoms with Crippen molar-refractivity contribution in [1.29, 1.82) is 0 Å².